The van der Waals surface area contributed by atoms with Gasteiger partial charge in [-0.2, -0.15) is 4.98 Å². The number of aromatic nitrogens is 3. The lowest BCUT2D eigenvalue weighted by molar-refractivity contribution is -0.126. The fourth-order valence-corrected chi connectivity index (χ4v) is 2.09. The number of hydrogen-bond acceptors (Lipinski definition) is 5. The van der Waals surface area contributed by atoms with Crippen molar-refractivity contribution in [3.05, 3.63) is 41.2 Å². The minimum atomic E-state index is -0.356. The summed E-state index contributed by atoms with van der Waals surface area (Å²) in [5.74, 6) is 0.600. The van der Waals surface area contributed by atoms with E-state index in [0.717, 1.165) is 11.1 Å². The van der Waals surface area contributed by atoms with Crippen molar-refractivity contribution in [3.63, 3.8) is 0 Å². The quantitative estimate of drug-likeness (QED) is 0.748. The summed E-state index contributed by atoms with van der Waals surface area (Å²) in [6, 6.07) is 7.57. The second-order valence-corrected chi connectivity index (χ2v) is 5.13. The average molecular weight is 288 g/mol. The highest BCUT2D eigenvalue weighted by molar-refractivity contribution is 5.83. The number of nitrogens with zero attached hydrogens (tertiary/aromatic N) is 3. The van der Waals surface area contributed by atoms with Crippen LogP contribution in [-0.2, 0) is 11.3 Å². The van der Waals surface area contributed by atoms with Crippen molar-refractivity contribution in [1.29, 1.82) is 0 Å². The summed E-state index contributed by atoms with van der Waals surface area (Å²) >= 11 is 0. The van der Waals surface area contributed by atoms with Crippen molar-refractivity contribution in [2.24, 2.45) is 0 Å². The van der Waals surface area contributed by atoms with Crippen LogP contribution in [0.5, 0.6) is 0 Å². The van der Waals surface area contributed by atoms with Crippen LogP contribution in [-0.4, -0.2) is 40.1 Å². The second-order valence-electron chi connectivity index (χ2n) is 5.13. The Labute approximate surface area is 123 Å². The largest absolute Gasteiger partial charge is 0.367 e. The summed E-state index contributed by atoms with van der Waals surface area (Å²) in [7, 11) is 3.74. The zero-order valence-corrected chi connectivity index (χ0v) is 12.4. The van der Waals surface area contributed by atoms with Gasteiger partial charge in [0.1, 0.15) is 11.9 Å². The fraction of sp³-hybridized carbons (Fsp3) is 0.357. The number of rotatable bonds is 5. The molecular weight excluding hydrogens is 268 g/mol. The number of amides is 1. The monoisotopic (exact) mass is 288 g/mol. The molecule has 2 aromatic rings. The predicted octanol–water partition coefficient (Wildman–Crippen LogP) is 0.614. The molecule has 0 radical (unpaired) electrons. The molecule has 1 atom stereocenters. The number of aromatic amines is 1. The Morgan fingerprint density at radius 2 is 2.05 bits per heavy atom. The topological polar surface area (TPSA) is 99.9 Å². The molecule has 0 fully saturated rings. The van der Waals surface area contributed by atoms with Crippen molar-refractivity contribution in [3.8, 4) is 0 Å². The summed E-state index contributed by atoms with van der Waals surface area (Å²) in [6.07, 6.45) is 0. The lowest BCUT2D eigenvalue weighted by Crippen LogP contribution is -2.36. The molecule has 0 spiro atoms. The highest BCUT2D eigenvalue weighted by Crippen LogP contribution is 2.19. The molecule has 4 N–H and O–H groups in total. The van der Waals surface area contributed by atoms with E-state index >= 15 is 0 Å². The number of anilines is 1. The molecule has 21 heavy (non-hydrogen) atoms. The van der Waals surface area contributed by atoms with E-state index in [1.54, 1.807) is 0 Å². The molecule has 1 heterocycles. The van der Waals surface area contributed by atoms with E-state index in [9.17, 15) is 4.79 Å². The van der Waals surface area contributed by atoms with Crippen LogP contribution in [0.4, 0.5) is 5.95 Å². The maximum Gasteiger partial charge on any atom is 0.242 e. The van der Waals surface area contributed by atoms with Crippen LogP contribution >= 0.6 is 0 Å². The first-order chi connectivity index (χ1) is 9.97. The number of aryl methyl sites for hydroxylation is 1. The molecule has 1 amide bonds. The summed E-state index contributed by atoms with van der Waals surface area (Å²) in [4.78, 5) is 18.2. The summed E-state index contributed by atoms with van der Waals surface area (Å²) < 4.78 is 0. The molecule has 1 aromatic carbocycles. The smallest absolute Gasteiger partial charge is 0.242 e. The minimum absolute atomic E-state index is 0.0983. The van der Waals surface area contributed by atoms with E-state index in [0.29, 0.717) is 5.82 Å². The molecule has 112 valence electrons. The Bertz CT molecular complexity index is 604. The van der Waals surface area contributed by atoms with Crippen LogP contribution in [0.2, 0.25) is 0 Å². The third-order valence-corrected chi connectivity index (χ3v) is 3.14. The van der Waals surface area contributed by atoms with Gasteiger partial charge in [-0.05, 0) is 26.6 Å². The van der Waals surface area contributed by atoms with Crippen LogP contribution in [0.3, 0.4) is 0 Å². The van der Waals surface area contributed by atoms with Gasteiger partial charge in [0.2, 0.25) is 11.9 Å². The number of carbonyl (C=O) groups is 1. The van der Waals surface area contributed by atoms with Crippen molar-refractivity contribution in [2.45, 2.75) is 19.5 Å². The number of nitrogen functional groups attached to an aromatic ring is 1. The van der Waals surface area contributed by atoms with E-state index in [4.69, 9.17) is 5.73 Å². The van der Waals surface area contributed by atoms with E-state index in [-0.39, 0.29) is 24.4 Å². The van der Waals surface area contributed by atoms with E-state index < -0.39 is 0 Å². The SMILES string of the molecule is Cc1ccc([C@H](C(=O)NCc2nc(N)n[nH]2)N(C)C)cc1. The van der Waals surface area contributed by atoms with Crippen molar-refractivity contribution >= 4 is 11.9 Å². The Morgan fingerprint density at radius 1 is 1.38 bits per heavy atom. The molecule has 1 aromatic heterocycles. The molecule has 0 saturated heterocycles. The lowest BCUT2D eigenvalue weighted by Gasteiger charge is -2.23. The third-order valence-electron chi connectivity index (χ3n) is 3.14. The van der Waals surface area contributed by atoms with Crippen LogP contribution in [0, 0.1) is 6.92 Å². The van der Waals surface area contributed by atoms with Crippen LogP contribution in [0.1, 0.15) is 23.0 Å². The van der Waals surface area contributed by atoms with Gasteiger partial charge < -0.3 is 11.1 Å². The number of H-pyrrole nitrogens is 1. The van der Waals surface area contributed by atoms with Gasteiger partial charge in [0, 0.05) is 0 Å². The fourth-order valence-electron chi connectivity index (χ4n) is 2.09. The minimum Gasteiger partial charge on any atom is -0.367 e. The molecule has 0 bridgehead atoms. The molecule has 7 nitrogen and oxygen atoms in total. The lowest BCUT2D eigenvalue weighted by atomic mass is 10.0. The molecule has 0 unspecified atom stereocenters. The molecule has 0 aliphatic rings. The predicted molar refractivity (Wildman–Crippen MR) is 80.2 cm³/mol. The standard InChI is InChI=1S/C14H20N6O/c1-9-4-6-10(7-5-9)12(20(2)3)13(21)16-8-11-17-14(15)19-18-11/h4-7,12H,8H2,1-3H3,(H,16,21)(H3,15,17,18,19)/t12-/m1/s1. The second kappa shape index (κ2) is 6.36. The van der Waals surface area contributed by atoms with Gasteiger partial charge >= 0.3 is 0 Å². The number of benzene rings is 1. The van der Waals surface area contributed by atoms with Crippen molar-refractivity contribution in [1.82, 2.24) is 25.4 Å². The summed E-state index contributed by atoms with van der Waals surface area (Å²) in [5.41, 5.74) is 7.53. The van der Waals surface area contributed by atoms with E-state index in [1.165, 1.54) is 0 Å². The zero-order chi connectivity index (χ0) is 15.4. The number of nitrogens with one attached hydrogen (secondary N) is 2. The first kappa shape index (κ1) is 15.0. The molecular formula is C14H20N6O. The normalized spacial score (nSPS) is 12.4. The Morgan fingerprint density at radius 3 is 2.57 bits per heavy atom. The molecule has 0 aliphatic carbocycles. The molecule has 0 aliphatic heterocycles. The van der Waals surface area contributed by atoms with Crippen molar-refractivity contribution in [2.75, 3.05) is 19.8 Å². The van der Waals surface area contributed by atoms with Gasteiger partial charge in [0.25, 0.3) is 0 Å². The van der Waals surface area contributed by atoms with Crippen molar-refractivity contribution < 1.29 is 4.79 Å². The molecule has 2 rings (SSSR count). The third kappa shape index (κ3) is 3.79. The van der Waals surface area contributed by atoms with Gasteiger partial charge in [-0.3, -0.25) is 14.8 Å². The summed E-state index contributed by atoms with van der Waals surface area (Å²) in [6.45, 7) is 2.28. The van der Waals surface area contributed by atoms with Crippen LogP contribution in [0.15, 0.2) is 24.3 Å². The number of carbonyl (C=O) groups excluding carboxylic acids is 1. The van der Waals surface area contributed by atoms with E-state index in [2.05, 4.69) is 20.5 Å². The highest BCUT2D eigenvalue weighted by atomic mass is 16.2. The van der Waals surface area contributed by atoms with Gasteiger partial charge in [-0.25, -0.2) is 0 Å². The van der Waals surface area contributed by atoms with Gasteiger partial charge in [-0.1, -0.05) is 29.8 Å². The maximum atomic E-state index is 12.4. The average Bonchev–Trinajstić information content (AvgIpc) is 2.84. The summed E-state index contributed by atoms with van der Waals surface area (Å²) in [5, 5.41) is 9.22. The number of nitrogens with two attached hydrogens (primary N) is 1. The van der Waals surface area contributed by atoms with Gasteiger partial charge in [-0.15, -0.1) is 5.10 Å². The highest BCUT2D eigenvalue weighted by Gasteiger charge is 2.22. The zero-order valence-electron chi connectivity index (χ0n) is 12.4. The Hall–Kier alpha value is -2.41. The van der Waals surface area contributed by atoms with Gasteiger partial charge in [0.05, 0.1) is 6.54 Å². The molecule has 7 heteroatoms. The van der Waals surface area contributed by atoms with Crippen LogP contribution < -0.4 is 11.1 Å². The number of hydrogen-bond donors (Lipinski definition) is 3. The number of likely N-dealkylation sites (N-methyl/N-ethyl adjacent to an activating group) is 1. The Balaban J connectivity index is 2.07. The maximum absolute atomic E-state index is 12.4. The van der Waals surface area contributed by atoms with E-state index in [1.807, 2.05) is 50.2 Å². The first-order valence-electron chi connectivity index (χ1n) is 6.65. The first-order valence-corrected chi connectivity index (χ1v) is 6.65. The Kier molecular flexibility index (Phi) is 4.54. The van der Waals surface area contributed by atoms with Gasteiger partial charge in [0.15, 0.2) is 0 Å². The molecule has 0 saturated carbocycles. The van der Waals surface area contributed by atoms with Crippen LogP contribution in [0.25, 0.3) is 0 Å².